The lowest BCUT2D eigenvalue weighted by Crippen LogP contribution is -2.06. The SMILES string of the molecule is Fc1c(F)c(F)c(NN=Cc2cccnc2)c(F)c1F. The van der Waals surface area contributed by atoms with Crippen molar-refractivity contribution in [2.24, 2.45) is 5.10 Å². The van der Waals surface area contributed by atoms with Crippen LogP contribution in [0, 0.1) is 29.1 Å². The number of aromatic nitrogens is 1. The van der Waals surface area contributed by atoms with Crippen LogP contribution in [0.3, 0.4) is 0 Å². The van der Waals surface area contributed by atoms with Crippen LogP contribution in [-0.2, 0) is 0 Å². The Balaban J connectivity index is 2.29. The number of rotatable bonds is 3. The number of pyridine rings is 1. The molecule has 8 heteroatoms. The summed E-state index contributed by atoms with van der Waals surface area (Å²) in [4.78, 5) is 3.75. The molecule has 0 atom stereocenters. The number of nitrogens with one attached hydrogen (secondary N) is 1. The molecule has 2 aromatic rings. The molecule has 0 radical (unpaired) electrons. The van der Waals surface area contributed by atoms with E-state index in [1.807, 2.05) is 0 Å². The molecule has 1 aromatic heterocycles. The molecule has 0 saturated carbocycles. The predicted molar refractivity (Wildman–Crippen MR) is 61.7 cm³/mol. The van der Waals surface area contributed by atoms with Gasteiger partial charge >= 0.3 is 0 Å². The fraction of sp³-hybridized carbons (Fsp3) is 0. The fourth-order valence-electron chi connectivity index (χ4n) is 1.33. The van der Waals surface area contributed by atoms with Crippen LogP contribution >= 0.6 is 0 Å². The lowest BCUT2D eigenvalue weighted by molar-refractivity contribution is 0.381. The molecule has 20 heavy (non-hydrogen) atoms. The van der Waals surface area contributed by atoms with Crippen LogP contribution in [0.5, 0.6) is 0 Å². The van der Waals surface area contributed by atoms with Crippen molar-refractivity contribution in [1.82, 2.24) is 4.98 Å². The third kappa shape index (κ3) is 2.58. The minimum atomic E-state index is -2.22. The van der Waals surface area contributed by atoms with Gasteiger partial charge in [-0.15, -0.1) is 0 Å². The van der Waals surface area contributed by atoms with Gasteiger partial charge in [-0.3, -0.25) is 10.4 Å². The molecule has 0 spiro atoms. The van der Waals surface area contributed by atoms with Gasteiger partial charge < -0.3 is 0 Å². The third-order valence-corrected chi connectivity index (χ3v) is 2.28. The van der Waals surface area contributed by atoms with Crippen molar-refractivity contribution < 1.29 is 22.0 Å². The predicted octanol–water partition coefficient (Wildman–Crippen LogP) is 3.22. The molecule has 0 saturated heterocycles. The van der Waals surface area contributed by atoms with Gasteiger partial charge in [0.2, 0.25) is 5.82 Å². The quantitative estimate of drug-likeness (QED) is 0.309. The molecule has 0 aliphatic heterocycles. The van der Waals surface area contributed by atoms with E-state index in [1.54, 1.807) is 17.6 Å². The normalized spacial score (nSPS) is 11.1. The van der Waals surface area contributed by atoms with Gasteiger partial charge in [0, 0.05) is 18.0 Å². The Morgan fingerprint density at radius 3 is 2.10 bits per heavy atom. The maximum Gasteiger partial charge on any atom is 0.200 e. The molecule has 1 heterocycles. The van der Waals surface area contributed by atoms with Crippen molar-refractivity contribution in [3.63, 3.8) is 0 Å². The topological polar surface area (TPSA) is 37.3 Å². The zero-order valence-corrected chi connectivity index (χ0v) is 9.67. The Kier molecular flexibility index (Phi) is 3.92. The highest BCUT2D eigenvalue weighted by atomic mass is 19.2. The van der Waals surface area contributed by atoms with Crippen molar-refractivity contribution in [3.05, 3.63) is 59.2 Å². The minimum Gasteiger partial charge on any atom is -0.272 e. The van der Waals surface area contributed by atoms with E-state index in [-0.39, 0.29) is 0 Å². The monoisotopic (exact) mass is 287 g/mol. The van der Waals surface area contributed by atoms with Gasteiger partial charge in [-0.05, 0) is 6.07 Å². The van der Waals surface area contributed by atoms with Crippen molar-refractivity contribution in [2.75, 3.05) is 5.43 Å². The summed E-state index contributed by atoms with van der Waals surface area (Å²) in [7, 11) is 0. The van der Waals surface area contributed by atoms with E-state index in [2.05, 4.69) is 10.1 Å². The van der Waals surface area contributed by atoms with E-state index in [4.69, 9.17) is 0 Å². The first-order valence-corrected chi connectivity index (χ1v) is 5.23. The summed E-state index contributed by atoms with van der Waals surface area (Å²) in [5, 5.41) is 3.39. The van der Waals surface area contributed by atoms with Crippen LogP contribution in [-0.4, -0.2) is 11.2 Å². The van der Waals surface area contributed by atoms with E-state index in [0.29, 0.717) is 5.56 Å². The number of benzene rings is 1. The summed E-state index contributed by atoms with van der Waals surface area (Å²) in [6.45, 7) is 0. The number of anilines is 1. The van der Waals surface area contributed by atoms with Gasteiger partial charge in [-0.1, -0.05) is 6.07 Å². The van der Waals surface area contributed by atoms with Gasteiger partial charge in [0.1, 0.15) is 5.69 Å². The Morgan fingerprint density at radius 2 is 1.55 bits per heavy atom. The maximum absolute atomic E-state index is 13.3. The second kappa shape index (κ2) is 5.64. The fourth-order valence-corrected chi connectivity index (χ4v) is 1.33. The lowest BCUT2D eigenvalue weighted by Gasteiger charge is -2.06. The second-order valence-electron chi connectivity index (χ2n) is 3.60. The molecular weight excluding hydrogens is 281 g/mol. The van der Waals surface area contributed by atoms with E-state index in [9.17, 15) is 22.0 Å². The van der Waals surface area contributed by atoms with Crippen LogP contribution in [0.4, 0.5) is 27.6 Å². The van der Waals surface area contributed by atoms with Crippen LogP contribution in [0.15, 0.2) is 29.6 Å². The second-order valence-corrected chi connectivity index (χ2v) is 3.60. The Bertz CT molecular complexity index is 629. The molecule has 0 amide bonds. The summed E-state index contributed by atoms with van der Waals surface area (Å²) in [6.07, 6.45) is 4.00. The Labute approximate surface area is 109 Å². The van der Waals surface area contributed by atoms with Crippen LogP contribution in [0.25, 0.3) is 0 Å². The average molecular weight is 287 g/mol. The Hall–Kier alpha value is -2.51. The highest BCUT2D eigenvalue weighted by Crippen LogP contribution is 2.26. The van der Waals surface area contributed by atoms with Gasteiger partial charge in [-0.2, -0.15) is 5.10 Å². The minimum absolute atomic E-state index is 0.476. The molecule has 1 N–H and O–H groups in total. The summed E-state index contributed by atoms with van der Waals surface area (Å²) in [6, 6.07) is 3.16. The molecule has 1 aromatic carbocycles. The summed E-state index contributed by atoms with van der Waals surface area (Å²) in [5.41, 5.74) is 1.04. The zero-order valence-electron chi connectivity index (χ0n) is 9.67. The van der Waals surface area contributed by atoms with Crippen LogP contribution < -0.4 is 5.43 Å². The highest BCUT2D eigenvalue weighted by Gasteiger charge is 2.25. The molecule has 0 aliphatic rings. The average Bonchev–Trinajstić information content (AvgIpc) is 2.48. The van der Waals surface area contributed by atoms with Crippen LogP contribution in [0.2, 0.25) is 0 Å². The molecule has 3 nitrogen and oxygen atoms in total. The van der Waals surface area contributed by atoms with E-state index in [0.717, 1.165) is 6.21 Å². The lowest BCUT2D eigenvalue weighted by atomic mass is 10.2. The van der Waals surface area contributed by atoms with E-state index < -0.39 is 34.8 Å². The highest BCUT2D eigenvalue weighted by molar-refractivity contribution is 5.79. The van der Waals surface area contributed by atoms with Crippen molar-refractivity contribution >= 4 is 11.9 Å². The number of hydrogen-bond acceptors (Lipinski definition) is 3. The summed E-state index contributed by atoms with van der Waals surface area (Å²) in [5.74, 6) is -10.3. The first-order valence-electron chi connectivity index (χ1n) is 5.23. The van der Waals surface area contributed by atoms with Gasteiger partial charge in [0.05, 0.1) is 6.21 Å². The number of nitrogens with zero attached hydrogens (tertiary/aromatic N) is 2. The molecule has 0 fully saturated rings. The van der Waals surface area contributed by atoms with E-state index >= 15 is 0 Å². The van der Waals surface area contributed by atoms with Crippen molar-refractivity contribution in [3.8, 4) is 0 Å². The molecule has 104 valence electrons. The molecule has 0 aliphatic carbocycles. The smallest absolute Gasteiger partial charge is 0.200 e. The van der Waals surface area contributed by atoms with E-state index in [1.165, 1.54) is 12.4 Å². The molecule has 2 rings (SSSR count). The summed E-state index contributed by atoms with van der Waals surface area (Å²) >= 11 is 0. The van der Waals surface area contributed by atoms with Gasteiger partial charge in [0.25, 0.3) is 0 Å². The third-order valence-electron chi connectivity index (χ3n) is 2.28. The van der Waals surface area contributed by atoms with Crippen LogP contribution in [0.1, 0.15) is 5.56 Å². The van der Waals surface area contributed by atoms with Gasteiger partial charge in [-0.25, -0.2) is 22.0 Å². The first kappa shape index (κ1) is 13.9. The maximum atomic E-state index is 13.3. The van der Waals surface area contributed by atoms with Crippen molar-refractivity contribution in [2.45, 2.75) is 0 Å². The largest absolute Gasteiger partial charge is 0.272 e. The Morgan fingerprint density at radius 1 is 0.950 bits per heavy atom. The standard InChI is InChI=1S/C12H6F5N3/c13-7-8(14)10(16)12(11(17)9(7)15)20-19-5-6-2-1-3-18-4-6/h1-5,20H. The number of halogens is 5. The van der Waals surface area contributed by atoms with Crippen molar-refractivity contribution in [1.29, 1.82) is 0 Å². The van der Waals surface area contributed by atoms with Gasteiger partial charge in [0.15, 0.2) is 23.3 Å². The first-order chi connectivity index (χ1) is 9.52. The number of hydrazone groups is 1. The summed E-state index contributed by atoms with van der Waals surface area (Å²) < 4.78 is 65.1. The molecule has 0 bridgehead atoms. The number of hydrogen-bond donors (Lipinski definition) is 1. The molecular formula is C12H6F5N3. The zero-order chi connectivity index (χ0) is 14.7. The molecule has 0 unspecified atom stereocenters.